The van der Waals surface area contributed by atoms with Crippen LogP contribution in [-0.4, -0.2) is 42.4 Å². The zero-order valence-corrected chi connectivity index (χ0v) is 18.7. The monoisotopic (exact) mass is 436 g/mol. The molecule has 6 nitrogen and oxygen atoms in total. The van der Waals surface area contributed by atoms with Gasteiger partial charge in [0.15, 0.2) is 0 Å². The predicted octanol–water partition coefficient (Wildman–Crippen LogP) is 4.39. The van der Waals surface area contributed by atoms with Crippen LogP contribution < -0.4 is 0 Å². The van der Waals surface area contributed by atoms with Crippen LogP contribution in [0.4, 0.5) is 4.39 Å². The molecule has 0 aromatic carbocycles. The van der Waals surface area contributed by atoms with Crippen molar-refractivity contribution in [3.05, 3.63) is 36.5 Å². The molecule has 0 N–H and O–H groups in total. The van der Waals surface area contributed by atoms with Crippen LogP contribution in [0.5, 0.6) is 0 Å². The van der Waals surface area contributed by atoms with E-state index in [4.69, 9.17) is 14.2 Å². The SMILES string of the molecule is C=C(C)C(=O)OC1CC[C@@H](C2CC[C@@H](OC(=O)C(=C)C)C(OC(=O)C(=C)C)C2)C(F)C1. The van der Waals surface area contributed by atoms with Gasteiger partial charge in [0.05, 0.1) is 0 Å². The highest BCUT2D eigenvalue weighted by Crippen LogP contribution is 2.42. The van der Waals surface area contributed by atoms with Crippen molar-refractivity contribution in [1.82, 2.24) is 0 Å². The first kappa shape index (κ1) is 24.8. The Hall–Kier alpha value is -2.44. The molecule has 0 amide bonds. The van der Waals surface area contributed by atoms with E-state index in [9.17, 15) is 14.4 Å². The van der Waals surface area contributed by atoms with Gasteiger partial charge in [0, 0.05) is 23.1 Å². The Morgan fingerprint density at radius 2 is 1.23 bits per heavy atom. The Balaban J connectivity index is 2.04. The van der Waals surface area contributed by atoms with Crippen LogP contribution in [-0.2, 0) is 28.6 Å². The number of carbonyl (C=O) groups is 3. The number of halogens is 1. The van der Waals surface area contributed by atoms with Crippen molar-refractivity contribution in [2.45, 2.75) is 83.8 Å². The fourth-order valence-electron chi connectivity index (χ4n) is 4.25. The molecule has 0 aliphatic heterocycles. The summed E-state index contributed by atoms with van der Waals surface area (Å²) >= 11 is 0. The van der Waals surface area contributed by atoms with Gasteiger partial charge in [-0.3, -0.25) is 0 Å². The van der Waals surface area contributed by atoms with Gasteiger partial charge < -0.3 is 14.2 Å². The third-order valence-electron chi connectivity index (χ3n) is 5.99. The summed E-state index contributed by atoms with van der Waals surface area (Å²) in [6.45, 7) is 15.4. The van der Waals surface area contributed by atoms with Gasteiger partial charge >= 0.3 is 17.9 Å². The van der Waals surface area contributed by atoms with Gasteiger partial charge in [-0.25, -0.2) is 18.8 Å². The lowest BCUT2D eigenvalue weighted by atomic mass is 9.70. The molecule has 2 rings (SSSR count). The summed E-state index contributed by atoms with van der Waals surface area (Å²) in [6.07, 6.45) is -0.0616. The first-order chi connectivity index (χ1) is 14.5. The second-order valence-electron chi connectivity index (χ2n) is 8.82. The molecular formula is C24H33FO6. The van der Waals surface area contributed by atoms with E-state index >= 15 is 4.39 Å². The molecule has 31 heavy (non-hydrogen) atoms. The van der Waals surface area contributed by atoms with Crippen molar-refractivity contribution in [2.24, 2.45) is 11.8 Å². The highest BCUT2D eigenvalue weighted by molar-refractivity contribution is 5.88. The van der Waals surface area contributed by atoms with E-state index < -0.39 is 42.4 Å². The average Bonchev–Trinajstić information content (AvgIpc) is 2.69. The number of rotatable bonds is 7. The molecule has 0 spiro atoms. The number of esters is 3. The maximum atomic E-state index is 15.0. The van der Waals surface area contributed by atoms with Crippen molar-refractivity contribution in [1.29, 1.82) is 0 Å². The minimum atomic E-state index is -1.13. The maximum Gasteiger partial charge on any atom is 0.333 e. The first-order valence-electron chi connectivity index (χ1n) is 10.7. The number of hydrogen-bond donors (Lipinski definition) is 0. The van der Waals surface area contributed by atoms with E-state index in [0.717, 1.165) is 0 Å². The minimum Gasteiger partial charge on any atom is -0.459 e. The van der Waals surface area contributed by atoms with Crippen molar-refractivity contribution >= 4 is 17.9 Å². The predicted molar refractivity (Wildman–Crippen MR) is 114 cm³/mol. The minimum absolute atomic E-state index is 0.0320. The smallest absolute Gasteiger partial charge is 0.333 e. The molecule has 0 aromatic rings. The second-order valence-corrected chi connectivity index (χ2v) is 8.82. The summed E-state index contributed by atoms with van der Waals surface area (Å²) < 4.78 is 31.4. The highest BCUT2D eigenvalue weighted by atomic mass is 19.1. The van der Waals surface area contributed by atoms with Crippen LogP contribution in [0, 0.1) is 11.8 Å². The molecule has 6 atom stereocenters. The number of hydrogen-bond acceptors (Lipinski definition) is 6. The number of ether oxygens (including phenoxy) is 3. The van der Waals surface area contributed by atoms with Crippen molar-refractivity contribution in [3.8, 4) is 0 Å². The van der Waals surface area contributed by atoms with Crippen LogP contribution in [0.15, 0.2) is 36.5 Å². The van der Waals surface area contributed by atoms with Gasteiger partial charge in [0.2, 0.25) is 0 Å². The molecule has 0 radical (unpaired) electrons. The van der Waals surface area contributed by atoms with Gasteiger partial charge in [0.1, 0.15) is 24.5 Å². The van der Waals surface area contributed by atoms with Crippen LogP contribution in [0.2, 0.25) is 0 Å². The van der Waals surface area contributed by atoms with Crippen LogP contribution in [0.25, 0.3) is 0 Å². The van der Waals surface area contributed by atoms with Crippen LogP contribution in [0.1, 0.15) is 59.3 Å². The molecule has 0 heterocycles. The Morgan fingerprint density at radius 1 is 0.710 bits per heavy atom. The fourth-order valence-corrected chi connectivity index (χ4v) is 4.25. The summed E-state index contributed by atoms with van der Waals surface area (Å²) in [7, 11) is 0. The Labute approximate surface area is 183 Å². The molecule has 172 valence electrons. The average molecular weight is 437 g/mol. The topological polar surface area (TPSA) is 78.9 Å². The van der Waals surface area contributed by atoms with E-state index in [1.807, 2.05) is 0 Å². The standard InChI is InChI=1S/C24H33FO6/c1-13(2)22(26)29-17-8-9-18(19(25)12-17)16-7-10-20(30-23(27)14(3)4)21(11-16)31-24(28)15(5)6/h16-21H,1,3,5,7-12H2,2,4,6H3/t16?,17?,18-,19?,20+,21?/m0/s1. The largest absolute Gasteiger partial charge is 0.459 e. The molecular weight excluding hydrogens is 403 g/mol. The molecule has 7 heteroatoms. The Morgan fingerprint density at radius 3 is 1.74 bits per heavy atom. The lowest BCUT2D eigenvalue weighted by molar-refractivity contribution is -0.170. The van der Waals surface area contributed by atoms with Gasteiger partial charge in [0.25, 0.3) is 0 Å². The summed E-state index contributed by atoms with van der Waals surface area (Å²) in [5.41, 5.74) is 0.802. The van der Waals surface area contributed by atoms with E-state index in [1.165, 1.54) is 0 Å². The van der Waals surface area contributed by atoms with Crippen molar-refractivity contribution in [2.75, 3.05) is 0 Å². The third kappa shape index (κ3) is 6.77. The normalized spacial score (nSPS) is 30.6. The van der Waals surface area contributed by atoms with E-state index in [-0.39, 0.29) is 29.4 Å². The van der Waals surface area contributed by atoms with Crippen molar-refractivity contribution in [3.63, 3.8) is 0 Å². The second kappa shape index (κ2) is 10.7. The lowest BCUT2D eigenvalue weighted by Crippen LogP contribution is -2.45. The first-order valence-corrected chi connectivity index (χ1v) is 10.7. The summed E-state index contributed by atoms with van der Waals surface area (Å²) in [4.78, 5) is 35.8. The number of carbonyl (C=O) groups excluding carboxylic acids is 3. The van der Waals surface area contributed by atoms with Crippen molar-refractivity contribution < 1.29 is 33.0 Å². The highest BCUT2D eigenvalue weighted by Gasteiger charge is 2.43. The molecule has 0 bridgehead atoms. The quantitative estimate of drug-likeness (QED) is 0.335. The zero-order valence-electron chi connectivity index (χ0n) is 18.7. The number of alkyl halides is 1. The molecule has 0 saturated heterocycles. The van der Waals surface area contributed by atoms with Gasteiger partial charge in [-0.05, 0) is 64.7 Å². The summed E-state index contributed by atoms with van der Waals surface area (Å²) in [5, 5.41) is 0. The zero-order chi connectivity index (χ0) is 23.3. The molecule has 0 aromatic heterocycles. The third-order valence-corrected chi connectivity index (χ3v) is 5.99. The van der Waals surface area contributed by atoms with Gasteiger partial charge in [-0.15, -0.1) is 0 Å². The molecule has 2 aliphatic carbocycles. The molecule has 4 unspecified atom stereocenters. The maximum absolute atomic E-state index is 15.0. The lowest BCUT2D eigenvalue weighted by Gasteiger charge is -2.42. The van der Waals surface area contributed by atoms with E-state index in [2.05, 4.69) is 19.7 Å². The van der Waals surface area contributed by atoms with Gasteiger partial charge in [-0.1, -0.05) is 19.7 Å². The Kier molecular flexibility index (Phi) is 8.60. The summed E-state index contributed by atoms with van der Waals surface area (Å²) in [5.74, 6) is -1.86. The van der Waals surface area contributed by atoms with E-state index in [0.29, 0.717) is 37.7 Å². The fraction of sp³-hybridized carbons (Fsp3) is 0.625. The van der Waals surface area contributed by atoms with Crippen LogP contribution >= 0.6 is 0 Å². The molecule has 2 aliphatic rings. The van der Waals surface area contributed by atoms with E-state index in [1.54, 1.807) is 20.8 Å². The molecule has 2 saturated carbocycles. The molecule has 2 fully saturated rings. The Bertz CT molecular complexity index is 757. The van der Waals surface area contributed by atoms with Crippen LogP contribution in [0.3, 0.4) is 0 Å². The van der Waals surface area contributed by atoms with Gasteiger partial charge in [-0.2, -0.15) is 0 Å². The summed E-state index contributed by atoms with van der Waals surface area (Å²) in [6, 6.07) is 0.